The van der Waals surface area contributed by atoms with E-state index in [2.05, 4.69) is 31.2 Å². The van der Waals surface area contributed by atoms with Crippen LogP contribution in [0.1, 0.15) is 44.2 Å². The van der Waals surface area contributed by atoms with Crippen molar-refractivity contribution in [3.63, 3.8) is 0 Å². The largest absolute Gasteiger partial charge is 0.480 e. The van der Waals surface area contributed by atoms with Crippen LogP contribution >= 0.6 is 0 Å². The van der Waals surface area contributed by atoms with Crippen LogP contribution in [0.5, 0.6) is 0 Å². The molecule has 1 aromatic rings. The van der Waals surface area contributed by atoms with E-state index in [9.17, 15) is 9.59 Å². The van der Waals surface area contributed by atoms with Gasteiger partial charge in [0.05, 0.1) is 12.0 Å². The minimum atomic E-state index is -0.779. The van der Waals surface area contributed by atoms with Gasteiger partial charge in [0.2, 0.25) is 5.91 Å². The smallest absolute Gasteiger partial charge is 0.317 e. The molecule has 142 valence electrons. The van der Waals surface area contributed by atoms with Crippen molar-refractivity contribution in [3.8, 4) is 0 Å². The number of nitrogens with zero attached hydrogens (tertiary/aromatic N) is 2. The third-order valence-corrected chi connectivity index (χ3v) is 6.17. The molecule has 1 N–H and O–H groups in total. The number of aryl methyl sites for hydroxylation is 1. The summed E-state index contributed by atoms with van der Waals surface area (Å²) in [6.07, 6.45) is 4.42. The van der Waals surface area contributed by atoms with Gasteiger partial charge in [-0.15, -0.1) is 0 Å². The Morgan fingerprint density at radius 1 is 1.23 bits per heavy atom. The highest BCUT2D eigenvalue weighted by molar-refractivity contribution is 5.83. The van der Waals surface area contributed by atoms with Crippen LogP contribution in [0.15, 0.2) is 24.3 Å². The molecule has 0 spiro atoms. The Morgan fingerprint density at radius 2 is 1.88 bits per heavy atom. The second kappa shape index (κ2) is 7.78. The molecular formula is C21H30N2O3. The highest BCUT2D eigenvalue weighted by Gasteiger charge is 2.40. The maximum absolute atomic E-state index is 13.2. The zero-order valence-electron chi connectivity index (χ0n) is 15.9. The van der Waals surface area contributed by atoms with Crippen molar-refractivity contribution in [1.29, 1.82) is 0 Å². The van der Waals surface area contributed by atoms with Gasteiger partial charge >= 0.3 is 5.97 Å². The van der Waals surface area contributed by atoms with Gasteiger partial charge in [-0.2, -0.15) is 0 Å². The van der Waals surface area contributed by atoms with Gasteiger partial charge in [0, 0.05) is 19.1 Å². The number of rotatable bonds is 5. The molecule has 2 aliphatic rings. The van der Waals surface area contributed by atoms with Gasteiger partial charge in [-0.1, -0.05) is 38.1 Å². The predicted octanol–water partition coefficient (Wildman–Crippen LogP) is 2.58. The summed E-state index contributed by atoms with van der Waals surface area (Å²) in [6, 6.07) is 8.72. The molecule has 1 aromatic carbocycles. The second-order valence-corrected chi connectivity index (χ2v) is 7.99. The van der Waals surface area contributed by atoms with Gasteiger partial charge in [-0.25, -0.2) is 0 Å². The molecule has 1 aliphatic carbocycles. The summed E-state index contributed by atoms with van der Waals surface area (Å²) >= 11 is 0. The first-order valence-electron chi connectivity index (χ1n) is 9.75. The van der Waals surface area contributed by atoms with Crippen LogP contribution in [-0.4, -0.2) is 59.0 Å². The Bertz CT molecular complexity index is 667. The van der Waals surface area contributed by atoms with Crippen molar-refractivity contribution in [3.05, 3.63) is 35.4 Å². The van der Waals surface area contributed by atoms with Gasteiger partial charge in [0.1, 0.15) is 0 Å². The summed E-state index contributed by atoms with van der Waals surface area (Å²) in [4.78, 5) is 28.3. The molecule has 0 aromatic heterocycles. The number of likely N-dealkylation sites (N-methyl/N-ethyl adjacent to an activating group) is 1. The first-order valence-corrected chi connectivity index (χ1v) is 9.75. The summed E-state index contributed by atoms with van der Waals surface area (Å²) in [5.41, 5.74) is 2.37. The maximum atomic E-state index is 13.2. The van der Waals surface area contributed by atoms with E-state index in [-0.39, 0.29) is 23.9 Å². The number of carboxylic acid groups (broad SMARTS) is 1. The Morgan fingerprint density at radius 3 is 2.50 bits per heavy atom. The van der Waals surface area contributed by atoms with E-state index in [4.69, 9.17) is 5.11 Å². The third kappa shape index (κ3) is 3.93. The molecule has 26 heavy (non-hydrogen) atoms. The van der Waals surface area contributed by atoms with Crippen molar-refractivity contribution in [2.45, 2.75) is 52.0 Å². The molecule has 5 nitrogen and oxygen atoms in total. The van der Waals surface area contributed by atoms with Gasteiger partial charge in [0.15, 0.2) is 0 Å². The number of hydrogen-bond acceptors (Lipinski definition) is 3. The monoisotopic (exact) mass is 358 g/mol. The van der Waals surface area contributed by atoms with Crippen molar-refractivity contribution < 1.29 is 14.7 Å². The molecule has 1 heterocycles. The van der Waals surface area contributed by atoms with Gasteiger partial charge in [-0.3, -0.25) is 14.5 Å². The molecule has 1 atom stereocenters. The summed E-state index contributed by atoms with van der Waals surface area (Å²) < 4.78 is 0. The second-order valence-electron chi connectivity index (χ2n) is 7.99. The maximum Gasteiger partial charge on any atom is 0.317 e. The number of benzene rings is 1. The number of hydrogen-bond donors (Lipinski definition) is 1. The number of carbonyl (C=O) groups is 2. The highest BCUT2D eigenvalue weighted by Crippen LogP contribution is 2.37. The Hall–Kier alpha value is -1.88. The number of carboxylic acids is 1. The third-order valence-electron chi connectivity index (χ3n) is 6.17. The lowest BCUT2D eigenvalue weighted by molar-refractivity contribution is -0.145. The average molecular weight is 358 g/mol. The summed E-state index contributed by atoms with van der Waals surface area (Å²) in [5, 5.41) is 9.06. The summed E-state index contributed by atoms with van der Waals surface area (Å²) in [5.74, 6) is -0.509. The van der Waals surface area contributed by atoms with E-state index in [0.29, 0.717) is 0 Å². The quantitative estimate of drug-likeness (QED) is 0.879. The highest BCUT2D eigenvalue weighted by atomic mass is 16.4. The van der Waals surface area contributed by atoms with Crippen LogP contribution in [0.2, 0.25) is 0 Å². The lowest BCUT2D eigenvalue weighted by atomic mass is 9.72. The van der Waals surface area contributed by atoms with Crippen LogP contribution in [0.3, 0.4) is 0 Å². The number of aliphatic carboxylic acids is 1. The van der Waals surface area contributed by atoms with E-state index >= 15 is 0 Å². The van der Waals surface area contributed by atoms with Crippen LogP contribution in [0, 0.1) is 5.41 Å². The number of amides is 1. The molecule has 1 saturated heterocycles. The molecule has 0 bridgehead atoms. The first kappa shape index (κ1) is 18.9. The SMILES string of the molecule is CCN(CC(=O)O)C1CCN(C(=O)C2(C)CCc3ccccc3C2)CC1. The summed E-state index contributed by atoms with van der Waals surface area (Å²) in [7, 11) is 0. The van der Waals surface area contributed by atoms with Crippen LogP contribution in [0.25, 0.3) is 0 Å². The topological polar surface area (TPSA) is 60.9 Å². The molecule has 1 amide bonds. The van der Waals surface area contributed by atoms with E-state index in [1.807, 2.05) is 16.7 Å². The van der Waals surface area contributed by atoms with Crippen molar-refractivity contribution in [2.75, 3.05) is 26.2 Å². The number of likely N-dealkylation sites (tertiary alicyclic amines) is 1. The Labute approximate surface area is 156 Å². The minimum absolute atomic E-state index is 0.0869. The zero-order valence-corrected chi connectivity index (χ0v) is 15.9. The molecule has 0 radical (unpaired) electrons. The minimum Gasteiger partial charge on any atom is -0.480 e. The van der Waals surface area contributed by atoms with Crippen molar-refractivity contribution in [1.82, 2.24) is 9.80 Å². The molecule has 0 saturated carbocycles. The first-order chi connectivity index (χ1) is 12.4. The molecule has 3 rings (SSSR count). The number of fused-ring (bicyclic) bond motifs is 1. The Balaban J connectivity index is 1.61. The molecular weight excluding hydrogens is 328 g/mol. The fourth-order valence-corrected chi connectivity index (χ4v) is 4.56. The molecule has 1 fully saturated rings. The fraction of sp³-hybridized carbons (Fsp3) is 0.619. The fourth-order valence-electron chi connectivity index (χ4n) is 4.56. The van der Waals surface area contributed by atoms with Crippen molar-refractivity contribution in [2.24, 2.45) is 5.41 Å². The molecule has 1 unspecified atom stereocenters. The van der Waals surface area contributed by atoms with Gasteiger partial charge in [-0.05, 0) is 49.8 Å². The zero-order chi connectivity index (χ0) is 18.7. The molecule has 1 aliphatic heterocycles. The van der Waals surface area contributed by atoms with Gasteiger partial charge < -0.3 is 10.0 Å². The number of carbonyl (C=O) groups excluding carboxylic acids is 1. The predicted molar refractivity (Wildman–Crippen MR) is 101 cm³/mol. The van der Waals surface area contributed by atoms with Crippen LogP contribution in [-0.2, 0) is 22.4 Å². The lowest BCUT2D eigenvalue weighted by Gasteiger charge is -2.42. The summed E-state index contributed by atoms with van der Waals surface area (Å²) in [6.45, 7) is 6.40. The van der Waals surface area contributed by atoms with Crippen molar-refractivity contribution >= 4 is 11.9 Å². The van der Waals surface area contributed by atoms with Gasteiger partial charge in [0.25, 0.3) is 0 Å². The Kier molecular flexibility index (Phi) is 5.66. The molecule has 5 heteroatoms. The lowest BCUT2D eigenvalue weighted by Crippen LogP contribution is -2.52. The van der Waals surface area contributed by atoms with Crippen LogP contribution in [0.4, 0.5) is 0 Å². The number of piperidine rings is 1. The standard InChI is InChI=1S/C21H30N2O3/c1-3-22(15-19(24)25)18-9-12-23(13-10-18)20(26)21(2)11-8-16-6-4-5-7-17(16)14-21/h4-7,18H,3,8-15H2,1-2H3,(H,24,25). The van der Waals surface area contributed by atoms with E-state index in [1.165, 1.54) is 11.1 Å². The van der Waals surface area contributed by atoms with E-state index in [1.54, 1.807) is 0 Å². The van der Waals surface area contributed by atoms with E-state index in [0.717, 1.165) is 51.7 Å². The van der Waals surface area contributed by atoms with Crippen LogP contribution < -0.4 is 0 Å². The van der Waals surface area contributed by atoms with E-state index < -0.39 is 5.97 Å². The average Bonchev–Trinajstić information content (AvgIpc) is 2.65. The normalized spacial score (nSPS) is 23.7.